The molecule has 0 aliphatic carbocycles. The molecule has 2 aliphatic rings. The maximum atomic E-state index is 11.7. The Kier molecular flexibility index (Phi) is 4.30. The maximum Gasteiger partial charge on any atom is 0.337 e. The van der Waals surface area contributed by atoms with E-state index in [0.717, 1.165) is 29.8 Å². The average molecular weight is 382 g/mol. The topological polar surface area (TPSA) is 50.8 Å². The number of thiocarbonyl (C=S) groups is 1. The highest BCUT2D eigenvalue weighted by atomic mass is 32.1. The highest BCUT2D eigenvalue weighted by molar-refractivity contribution is 7.80. The minimum absolute atomic E-state index is 0.128. The molecule has 6 heteroatoms. The Hall–Kier alpha value is -2.60. The van der Waals surface area contributed by atoms with Crippen molar-refractivity contribution in [2.45, 2.75) is 38.5 Å². The van der Waals surface area contributed by atoms with Gasteiger partial charge in [0.2, 0.25) is 0 Å². The molecule has 0 unspecified atom stereocenters. The first-order chi connectivity index (χ1) is 12.9. The van der Waals surface area contributed by atoms with E-state index in [1.54, 1.807) is 12.1 Å². The van der Waals surface area contributed by atoms with Gasteiger partial charge in [-0.05, 0) is 61.5 Å². The molecule has 2 heterocycles. The Balaban J connectivity index is 1.70. The summed E-state index contributed by atoms with van der Waals surface area (Å²) in [4.78, 5) is 13.7. The van der Waals surface area contributed by atoms with Crippen molar-refractivity contribution < 1.29 is 14.3 Å². The Bertz CT molecular complexity index is 912. The molecule has 0 spiro atoms. The molecule has 27 heavy (non-hydrogen) atoms. The molecule has 5 nitrogen and oxygen atoms in total. The molecule has 1 saturated heterocycles. The Morgan fingerprint density at radius 2 is 2.07 bits per heavy atom. The van der Waals surface area contributed by atoms with Crippen molar-refractivity contribution in [2.24, 2.45) is 0 Å². The minimum atomic E-state index is -0.597. The van der Waals surface area contributed by atoms with Gasteiger partial charge in [-0.15, -0.1) is 0 Å². The largest absolute Gasteiger partial charge is 0.467 e. The zero-order chi connectivity index (χ0) is 19.2. The lowest BCUT2D eigenvalue weighted by Gasteiger charge is -2.52. The molecule has 2 aromatic rings. The van der Waals surface area contributed by atoms with E-state index in [1.165, 1.54) is 12.7 Å². The number of nitrogens with one attached hydrogen (secondary N) is 1. The van der Waals surface area contributed by atoms with E-state index >= 15 is 0 Å². The van der Waals surface area contributed by atoms with Crippen LogP contribution >= 0.6 is 12.2 Å². The summed E-state index contributed by atoms with van der Waals surface area (Å²) < 4.78 is 11.2. The van der Waals surface area contributed by atoms with Crippen LogP contribution in [0.1, 0.15) is 47.8 Å². The molecule has 2 aromatic carbocycles. The lowest BCUT2D eigenvalue weighted by molar-refractivity contribution is 0.0497. The van der Waals surface area contributed by atoms with Crippen molar-refractivity contribution in [2.75, 3.05) is 12.0 Å². The molecule has 140 valence electrons. The van der Waals surface area contributed by atoms with E-state index in [4.69, 9.17) is 21.7 Å². The molecule has 0 aromatic heterocycles. The highest BCUT2D eigenvalue weighted by Gasteiger charge is 2.48. The molecule has 0 amide bonds. The third-order valence-corrected chi connectivity index (χ3v) is 5.59. The number of anilines is 1. The number of fused-ring (bicyclic) bond motifs is 4. The second kappa shape index (κ2) is 6.53. The lowest BCUT2D eigenvalue weighted by Crippen LogP contribution is -2.65. The second-order valence-corrected chi connectivity index (χ2v) is 7.47. The zero-order valence-corrected chi connectivity index (χ0v) is 16.4. The van der Waals surface area contributed by atoms with Crippen LogP contribution in [0.2, 0.25) is 0 Å². The van der Waals surface area contributed by atoms with Gasteiger partial charge < -0.3 is 14.8 Å². The van der Waals surface area contributed by atoms with Gasteiger partial charge in [-0.2, -0.15) is 0 Å². The van der Waals surface area contributed by atoms with Crippen LogP contribution in [-0.2, 0) is 11.2 Å². The lowest BCUT2D eigenvalue weighted by atomic mass is 9.89. The van der Waals surface area contributed by atoms with Crippen molar-refractivity contribution >= 4 is 29.0 Å². The third-order valence-electron chi connectivity index (χ3n) is 5.29. The predicted octanol–water partition coefficient (Wildman–Crippen LogP) is 3.97. The van der Waals surface area contributed by atoms with Crippen molar-refractivity contribution in [1.29, 1.82) is 0 Å². The zero-order valence-electron chi connectivity index (χ0n) is 15.6. The summed E-state index contributed by atoms with van der Waals surface area (Å²) in [5.41, 5.74) is 3.22. The highest BCUT2D eigenvalue weighted by Crippen LogP contribution is 2.45. The number of hydrogen-bond acceptors (Lipinski definition) is 4. The van der Waals surface area contributed by atoms with Gasteiger partial charge in [-0.1, -0.05) is 19.1 Å². The number of nitrogens with zero attached hydrogens (tertiary/aromatic N) is 1. The van der Waals surface area contributed by atoms with Crippen molar-refractivity contribution in [3.05, 3.63) is 59.2 Å². The number of carbonyl (C=O) groups is 1. The average Bonchev–Trinajstić information content (AvgIpc) is 2.67. The summed E-state index contributed by atoms with van der Waals surface area (Å²) in [6.07, 6.45) is 1.76. The summed E-state index contributed by atoms with van der Waals surface area (Å²) in [6.45, 7) is 4.20. The maximum absolute atomic E-state index is 11.7. The van der Waals surface area contributed by atoms with Gasteiger partial charge in [-0.25, -0.2) is 4.79 Å². The first-order valence-electron chi connectivity index (χ1n) is 9.06. The first kappa shape index (κ1) is 17.8. The molecular formula is C21H22N2O3S. The summed E-state index contributed by atoms with van der Waals surface area (Å²) >= 11 is 5.68. The number of hydrogen-bond donors (Lipinski definition) is 1. The third kappa shape index (κ3) is 2.94. The number of carbonyl (C=O) groups excluding carboxylic acids is 1. The van der Waals surface area contributed by atoms with Crippen LogP contribution in [0.15, 0.2) is 42.5 Å². The van der Waals surface area contributed by atoms with Crippen LogP contribution in [0.4, 0.5) is 5.69 Å². The SMILES string of the molecule is CCc1ccc2c(c1)[C@H]1C[C@@](C)(O2)N(c2ccc(C(=O)OC)cc2)C(=S)N1. The summed E-state index contributed by atoms with van der Waals surface area (Å²) in [5.74, 6) is 0.527. The fraction of sp³-hybridized carbons (Fsp3) is 0.333. The van der Waals surface area contributed by atoms with Gasteiger partial charge in [-0.3, -0.25) is 4.90 Å². The normalized spacial score (nSPS) is 23.1. The van der Waals surface area contributed by atoms with Crippen LogP contribution in [0.5, 0.6) is 5.75 Å². The van der Waals surface area contributed by atoms with Gasteiger partial charge >= 0.3 is 5.97 Å². The molecule has 2 aliphatic heterocycles. The van der Waals surface area contributed by atoms with E-state index in [2.05, 4.69) is 31.3 Å². The molecule has 0 saturated carbocycles. The monoisotopic (exact) mass is 382 g/mol. The van der Waals surface area contributed by atoms with Crippen molar-refractivity contribution in [1.82, 2.24) is 5.32 Å². The van der Waals surface area contributed by atoms with E-state index in [0.29, 0.717) is 10.7 Å². The van der Waals surface area contributed by atoms with Gasteiger partial charge in [0.05, 0.1) is 18.7 Å². The number of rotatable bonds is 3. The first-order valence-corrected chi connectivity index (χ1v) is 9.47. The van der Waals surface area contributed by atoms with E-state index in [-0.39, 0.29) is 12.0 Å². The molecule has 0 radical (unpaired) electrons. The Morgan fingerprint density at radius 1 is 1.33 bits per heavy atom. The van der Waals surface area contributed by atoms with Crippen LogP contribution in [-0.4, -0.2) is 23.9 Å². The summed E-state index contributed by atoms with van der Waals surface area (Å²) in [7, 11) is 1.37. The molecular weight excluding hydrogens is 360 g/mol. The number of methoxy groups -OCH3 is 1. The Labute approximate surface area is 164 Å². The van der Waals surface area contributed by atoms with Gasteiger partial charge in [0.15, 0.2) is 10.8 Å². The molecule has 1 fully saturated rings. The van der Waals surface area contributed by atoms with E-state index in [9.17, 15) is 4.79 Å². The molecule has 2 atom stereocenters. The summed E-state index contributed by atoms with van der Waals surface area (Å²) in [5, 5.41) is 4.08. The van der Waals surface area contributed by atoms with E-state index in [1.807, 2.05) is 23.1 Å². The van der Waals surface area contributed by atoms with Crippen LogP contribution < -0.4 is 15.0 Å². The van der Waals surface area contributed by atoms with Gasteiger partial charge in [0, 0.05) is 17.7 Å². The standard InChI is InChI=1S/C21H22N2O3S/c1-4-13-5-10-18-16(11-13)17-12-21(2,26-18)23(20(27)22-17)15-8-6-14(7-9-15)19(24)25-3/h5-11,17H,4,12H2,1-3H3,(H,22,27)/t17-,21-/m1/s1. The number of ether oxygens (including phenoxy) is 2. The minimum Gasteiger partial charge on any atom is -0.467 e. The number of benzene rings is 2. The number of aryl methyl sites for hydroxylation is 1. The quantitative estimate of drug-likeness (QED) is 0.640. The molecule has 2 bridgehead atoms. The Morgan fingerprint density at radius 3 is 2.74 bits per heavy atom. The van der Waals surface area contributed by atoms with E-state index < -0.39 is 5.72 Å². The van der Waals surface area contributed by atoms with Crippen molar-refractivity contribution in [3.8, 4) is 5.75 Å². The van der Waals surface area contributed by atoms with Crippen LogP contribution in [0.25, 0.3) is 0 Å². The summed E-state index contributed by atoms with van der Waals surface area (Å²) in [6, 6.07) is 13.7. The van der Waals surface area contributed by atoms with Gasteiger partial charge in [0.1, 0.15) is 5.75 Å². The predicted molar refractivity (Wildman–Crippen MR) is 108 cm³/mol. The van der Waals surface area contributed by atoms with Crippen LogP contribution in [0.3, 0.4) is 0 Å². The second-order valence-electron chi connectivity index (χ2n) is 7.08. The van der Waals surface area contributed by atoms with Crippen LogP contribution in [0, 0.1) is 0 Å². The number of esters is 1. The van der Waals surface area contributed by atoms with Crippen molar-refractivity contribution in [3.63, 3.8) is 0 Å². The fourth-order valence-corrected chi connectivity index (χ4v) is 4.34. The fourth-order valence-electron chi connectivity index (χ4n) is 3.90. The smallest absolute Gasteiger partial charge is 0.337 e. The van der Waals surface area contributed by atoms with Gasteiger partial charge in [0.25, 0.3) is 0 Å². The molecule has 4 rings (SSSR count). The molecule has 1 N–H and O–H groups in total.